The van der Waals surface area contributed by atoms with Crippen LogP contribution < -0.4 is 5.32 Å². The summed E-state index contributed by atoms with van der Waals surface area (Å²) in [6, 6.07) is 7.12. The standard InChI is InChI=1S/C13H16N4O2/c1-9(12-14-8-15-17-12)16-13(18)11-6-4-3-5-10(11)7-19-2/h3-6,8-9H,7H2,1-2H3,(H,16,18)(H,14,15,17). The molecular weight excluding hydrogens is 244 g/mol. The molecule has 1 heterocycles. The van der Waals surface area contributed by atoms with E-state index in [4.69, 9.17) is 4.74 Å². The van der Waals surface area contributed by atoms with Gasteiger partial charge in [0, 0.05) is 12.7 Å². The molecule has 2 aromatic rings. The van der Waals surface area contributed by atoms with Gasteiger partial charge in [0.1, 0.15) is 12.2 Å². The number of carbonyl (C=O) groups excluding carboxylic acids is 1. The van der Waals surface area contributed by atoms with E-state index in [-0.39, 0.29) is 11.9 Å². The molecule has 1 aromatic heterocycles. The minimum atomic E-state index is -0.231. The highest BCUT2D eigenvalue weighted by Gasteiger charge is 2.15. The highest BCUT2D eigenvalue weighted by Crippen LogP contribution is 2.12. The van der Waals surface area contributed by atoms with Crippen LogP contribution in [0.4, 0.5) is 0 Å². The SMILES string of the molecule is COCc1ccccc1C(=O)NC(C)c1ncn[nH]1. The number of methoxy groups -OCH3 is 1. The van der Waals surface area contributed by atoms with Gasteiger partial charge in [-0.25, -0.2) is 4.98 Å². The fourth-order valence-electron chi connectivity index (χ4n) is 1.79. The zero-order valence-electron chi connectivity index (χ0n) is 10.9. The second-order valence-corrected chi connectivity index (χ2v) is 4.16. The molecule has 19 heavy (non-hydrogen) atoms. The molecule has 6 nitrogen and oxygen atoms in total. The van der Waals surface area contributed by atoms with Crippen molar-refractivity contribution < 1.29 is 9.53 Å². The number of benzene rings is 1. The Morgan fingerprint density at radius 1 is 1.47 bits per heavy atom. The van der Waals surface area contributed by atoms with Gasteiger partial charge in [0.2, 0.25) is 0 Å². The number of aromatic nitrogens is 3. The van der Waals surface area contributed by atoms with Crippen molar-refractivity contribution >= 4 is 5.91 Å². The van der Waals surface area contributed by atoms with Gasteiger partial charge in [-0.15, -0.1) is 0 Å². The zero-order valence-corrected chi connectivity index (χ0v) is 10.9. The number of H-pyrrole nitrogens is 1. The van der Waals surface area contributed by atoms with E-state index < -0.39 is 0 Å². The molecule has 2 N–H and O–H groups in total. The maximum absolute atomic E-state index is 12.2. The van der Waals surface area contributed by atoms with Crippen molar-refractivity contribution in [1.29, 1.82) is 0 Å². The fraction of sp³-hybridized carbons (Fsp3) is 0.308. The average Bonchev–Trinajstić information content (AvgIpc) is 2.93. The summed E-state index contributed by atoms with van der Waals surface area (Å²) >= 11 is 0. The molecule has 2 rings (SSSR count). The van der Waals surface area contributed by atoms with Gasteiger partial charge in [0.05, 0.1) is 12.6 Å². The number of hydrogen-bond donors (Lipinski definition) is 2. The van der Waals surface area contributed by atoms with Crippen molar-refractivity contribution in [1.82, 2.24) is 20.5 Å². The van der Waals surface area contributed by atoms with Crippen LogP contribution in [0.1, 0.15) is 34.7 Å². The molecule has 0 aliphatic heterocycles. The maximum Gasteiger partial charge on any atom is 0.252 e. The summed E-state index contributed by atoms with van der Waals surface area (Å²) in [5, 5.41) is 9.36. The molecule has 1 atom stereocenters. The molecule has 0 fully saturated rings. The number of nitrogens with zero attached hydrogens (tertiary/aromatic N) is 2. The lowest BCUT2D eigenvalue weighted by molar-refractivity contribution is 0.0933. The first kappa shape index (κ1) is 13.2. The van der Waals surface area contributed by atoms with Crippen LogP contribution in [0.5, 0.6) is 0 Å². The predicted octanol–water partition coefficient (Wildman–Crippen LogP) is 1.44. The van der Waals surface area contributed by atoms with Crippen molar-refractivity contribution in [2.75, 3.05) is 7.11 Å². The number of carbonyl (C=O) groups is 1. The minimum absolute atomic E-state index is 0.156. The van der Waals surface area contributed by atoms with E-state index in [2.05, 4.69) is 20.5 Å². The molecule has 1 aromatic carbocycles. The van der Waals surface area contributed by atoms with Gasteiger partial charge in [0.15, 0.2) is 0 Å². The van der Waals surface area contributed by atoms with Crippen molar-refractivity contribution in [3.63, 3.8) is 0 Å². The van der Waals surface area contributed by atoms with Crippen molar-refractivity contribution in [2.24, 2.45) is 0 Å². The summed E-state index contributed by atoms with van der Waals surface area (Å²) in [7, 11) is 1.60. The molecule has 0 aliphatic carbocycles. The number of nitrogens with one attached hydrogen (secondary N) is 2. The summed E-state index contributed by atoms with van der Waals surface area (Å²) in [5.41, 5.74) is 1.46. The van der Waals surface area contributed by atoms with Crippen LogP contribution in [0.2, 0.25) is 0 Å². The Morgan fingerprint density at radius 3 is 2.95 bits per heavy atom. The van der Waals surface area contributed by atoms with Crippen LogP contribution in [0.15, 0.2) is 30.6 Å². The van der Waals surface area contributed by atoms with Gasteiger partial charge < -0.3 is 10.1 Å². The molecule has 1 unspecified atom stereocenters. The van der Waals surface area contributed by atoms with Crippen LogP contribution in [-0.2, 0) is 11.3 Å². The summed E-state index contributed by atoms with van der Waals surface area (Å²) in [5.74, 6) is 0.467. The first-order chi connectivity index (χ1) is 9.22. The molecular formula is C13H16N4O2. The van der Waals surface area contributed by atoms with Crippen LogP contribution in [0.25, 0.3) is 0 Å². The Labute approximate surface area is 111 Å². The number of ether oxygens (including phenoxy) is 1. The van der Waals surface area contributed by atoms with E-state index >= 15 is 0 Å². The number of rotatable bonds is 5. The summed E-state index contributed by atoms with van der Waals surface area (Å²) < 4.78 is 5.09. The van der Waals surface area contributed by atoms with Gasteiger partial charge in [-0.1, -0.05) is 18.2 Å². The van der Waals surface area contributed by atoms with E-state index in [0.29, 0.717) is 18.0 Å². The van der Waals surface area contributed by atoms with Gasteiger partial charge in [-0.3, -0.25) is 9.89 Å². The van der Waals surface area contributed by atoms with E-state index in [0.717, 1.165) is 5.56 Å². The Balaban J connectivity index is 2.11. The highest BCUT2D eigenvalue weighted by atomic mass is 16.5. The molecule has 6 heteroatoms. The molecule has 0 spiro atoms. The second-order valence-electron chi connectivity index (χ2n) is 4.16. The summed E-state index contributed by atoms with van der Waals surface area (Å²) in [6.07, 6.45) is 1.41. The molecule has 0 aliphatic rings. The molecule has 0 radical (unpaired) electrons. The van der Waals surface area contributed by atoms with Crippen LogP contribution in [-0.4, -0.2) is 28.2 Å². The van der Waals surface area contributed by atoms with Crippen LogP contribution in [0.3, 0.4) is 0 Å². The average molecular weight is 260 g/mol. The lowest BCUT2D eigenvalue weighted by atomic mass is 10.1. The summed E-state index contributed by atoms with van der Waals surface area (Å²) in [4.78, 5) is 16.2. The number of amides is 1. The Morgan fingerprint density at radius 2 is 2.26 bits per heavy atom. The molecule has 100 valence electrons. The fourth-order valence-corrected chi connectivity index (χ4v) is 1.79. The normalized spacial score (nSPS) is 12.1. The van der Waals surface area contributed by atoms with Gasteiger partial charge in [0.25, 0.3) is 5.91 Å². The van der Waals surface area contributed by atoms with Gasteiger partial charge in [-0.2, -0.15) is 5.10 Å². The Bertz CT molecular complexity index is 539. The van der Waals surface area contributed by atoms with Gasteiger partial charge >= 0.3 is 0 Å². The number of aromatic amines is 1. The smallest absolute Gasteiger partial charge is 0.252 e. The zero-order chi connectivity index (χ0) is 13.7. The minimum Gasteiger partial charge on any atom is -0.380 e. The van der Waals surface area contributed by atoms with E-state index in [1.165, 1.54) is 6.33 Å². The molecule has 0 bridgehead atoms. The van der Waals surface area contributed by atoms with E-state index in [1.54, 1.807) is 13.2 Å². The lowest BCUT2D eigenvalue weighted by Crippen LogP contribution is -2.28. The topological polar surface area (TPSA) is 79.9 Å². The Kier molecular flexibility index (Phi) is 4.25. The third-order valence-electron chi connectivity index (χ3n) is 2.75. The predicted molar refractivity (Wildman–Crippen MR) is 69.4 cm³/mol. The van der Waals surface area contributed by atoms with Crippen molar-refractivity contribution in [2.45, 2.75) is 19.6 Å². The quantitative estimate of drug-likeness (QED) is 0.852. The summed E-state index contributed by atoms with van der Waals surface area (Å²) in [6.45, 7) is 2.25. The maximum atomic E-state index is 12.2. The monoisotopic (exact) mass is 260 g/mol. The first-order valence-electron chi connectivity index (χ1n) is 5.95. The second kappa shape index (κ2) is 6.10. The molecule has 1 amide bonds. The van der Waals surface area contributed by atoms with Crippen molar-refractivity contribution in [3.8, 4) is 0 Å². The third-order valence-corrected chi connectivity index (χ3v) is 2.75. The van der Waals surface area contributed by atoms with Gasteiger partial charge in [-0.05, 0) is 18.6 Å². The third kappa shape index (κ3) is 3.17. The number of hydrogen-bond acceptors (Lipinski definition) is 4. The van der Waals surface area contributed by atoms with Crippen LogP contribution in [0, 0.1) is 0 Å². The molecule has 0 saturated heterocycles. The largest absolute Gasteiger partial charge is 0.380 e. The molecule has 0 saturated carbocycles. The van der Waals surface area contributed by atoms with Crippen LogP contribution >= 0.6 is 0 Å². The highest BCUT2D eigenvalue weighted by molar-refractivity contribution is 5.95. The first-order valence-corrected chi connectivity index (χ1v) is 5.95. The lowest BCUT2D eigenvalue weighted by Gasteiger charge is -2.13. The van der Waals surface area contributed by atoms with E-state index in [9.17, 15) is 4.79 Å². The van der Waals surface area contributed by atoms with E-state index in [1.807, 2.05) is 25.1 Å². The van der Waals surface area contributed by atoms with Crippen molar-refractivity contribution in [3.05, 3.63) is 47.5 Å². The Hall–Kier alpha value is -2.21.